The van der Waals surface area contributed by atoms with E-state index < -0.39 is 0 Å². The van der Waals surface area contributed by atoms with Crippen LogP contribution in [-0.4, -0.2) is 6.03 Å². The lowest BCUT2D eigenvalue weighted by molar-refractivity contribution is 0.236. The number of furan rings is 1. The molecule has 0 bridgehead atoms. The van der Waals surface area contributed by atoms with Gasteiger partial charge in [0.15, 0.2) is 0 Å². The van der Waals surface area contributed by atoms with Crippen LogP contribution in [0.5, 0.6) is 0 Å². The van der Waals surface area contributed by atoms with E-state index in [4.69, 9.17) is 16.0 Å². The number of hydrogen-bond donors (Lipinski definition) is 2. The van der Waals surface area contributed by atoms with Crippen LogP contribution in [0.1, 0.15) is 23.6 Å². The molecule has 0 fully saturated rings. The van der Waals surface area contributed by atoms with Gasteiger partial charge in [-0.15, -0.1) is 11.3 Å². The van der Waals surface area contributed by atoms with E-state index in [1.807, 2.05) is 25.1 Å². The average molecular weight is 285 g/mol. The number of halogens is 1. The van der Waals surface area contributed by atoms with Crippen molar-refractivity contribution in [2.24, 2.45) is 0 Å². The molecule has 0 unspecified atom stereocenters. The summed E-state index contributed by atoms with van der Waals surface area (Å²) < 4.78 is 5.84. The largest absolute Gasteiger partial charge is 0.467 e. The number of rotatable bonds is 4. The van der Waals surface area contributed by atoms with E-state index in [0.29, 0.717) is 6.54 Å². The lowest BCUT2D eigenvalue weighted by Gasteiger charge is -2.12. The van der Waals surface area contributed by atoms with Crippen LogP contribution in [0.3, 0.4) is 0 Å². The van der Waals surface area contributed by atoms with Crippen LogP contribution in [0.15, 0.2) is 34.9 Å². The summed E-state index contributed by atoms with van der Waals surface area (Å²) in [7, 11) is 0. The summed E-state index contributed by atoms with van der Waals surface area (Å²) in [5.74, 6) is 0.719. The topological polar surface area (TPSA) is 54.3 Å². The maximum Gasteiger partial charge on any atom is 0.315 e. The van der Waals surface area contributed by atoms with Crippen LogP contribution in [0.2, 0.25) is 4.34 Å². The molecule has 1 atom stereocenters. The van der Waals surface area contributed by atoms with E-state index in [0.717, 1.165) is 15.0 Å². The molecule has 6 heteroatoms. The van der Waals surface area contributed by atoms with E-state index in [-0.39, 0.29) is 12.1 Å². The first-order chi connectivity index (χ1) is 8.65. The zero-order valence-electron chi connectivity index (χ0n) is 9.77. The van der Waals surface area contributed by atoms with Crippen LogP contribution in [0, 0.1) is 0 Å². The molecule has 0 saturated heterocycles. The highest BCUT2D eigenvalue weighted by Gasteiger charge is 2.11. The molecule has 0 radical (unpaired) electrons. The first-order valence-corrected chi connectivity index (χ1v) is 6.66. The number of amides is 2. The van der Waals surface area contributed by atoms with Gasteiger partial charge in [0.05, 0.1) is 23.2 Å². The van der Waals surface area contributed by atoms with Crippen molar-refractivity contribution < 1.29 is 9.21 Å². The van der Waals surface area contributed by atoms with Crippen molar-refractivity contribution in [3.05, 3.63) is 45.5 Å². The van der Waals surface area contributed by atoms with Crippen LogP contribution in [0.25, 0.3) is 0 Å². The molecule has 0 aliphatic rings. The fourth-order valence-corrected chi connectivity index (χ4v) is 2.52. The molecule has 2 aromatic heterocycles. The zero-order chi connectivity index (χ0) is 13.0. The fraction of sp³-hybridized carbons (Fsp3) is 0.250. The van der Waals surface area contributed by atoms with Gasteiger partial charge in [0, 0.05) is 4.88 Å². The molecule has 4 nitrogen and oxygen atoms in total. The third-order valence-electron chi connectivity index (χ3n) is 2.37. The maximum absolute atomic E-state index is 11.6. The van der Waals surface area contributed by atoms with Gasteiger partial charge in [0.2, 0.25) is 0 Å². The lowest BCUT2D eigenvalue weighted by Crippen LogP contribution is -2.36. The zero-order valence-corrected chi connectivity index (χ0v) is 11.3. The summed E-state index contributed by atoms with van der Waals surface area (Å²) in [6.45, 7) is 2.28. The Morgan fingerprint density at radius 3 is 2.94 bits per heavy atom. The number of thiophene rings is 1. The van der Waals surface area contributed by atoms with E-state index in [9.17, 15) is 4.79 Å². The summed E-state index contributed by atoms with van der Waals surface area (Å²) in [6, 6.07) is 7.02. The van der Waals surface area contributed by atoms with Crippen LogP contribution in [-0.2, 0) is 6.54 Å². The van der Waals surface area contributed by atoms with Crippen molar-refractivity contribution in [3.8, 4) is 0 Å². The third-order valence-corrected chi connectivity index (χ3v) is 3.79. The summed E-state index contributed by atoms with van der Waals surface area (Å²) in [5, 5.41) is 5.55. The molecule has 96 valence electrons. The first-order valence-electron chi connectivity index (χ1n) is 5.47. The van der Waals surface area contributed by atoms with Gasteiger partial charge in [-0.2, -0.15) is 0 Å². The van der Waals surface area contributed by atoms with Crippen molar-refractivity contribution in [1.82, 2.24) is 10.6 Å². The summed E-state index contributed by atoms with van der Waals surface area (Å²) >= 11 is 7.31. The average Bonchev–Trinajstić information content (AvgIpc) is 2.97. The third kappa shape index (κ3) is 3.51. The van der Waals surface area contributed by atoms with Gasteiger partial charge in [-0.05, 0) is 31.2 Å². The highest BCUT2D eigenvalue weighted by molar-refractivity contribution is 7.16. The maximum atomic E-state index is 11.6. The van der Waals surface area contributed by atoms with Crippen molar-refractivity contribution in [2.75, 3.05) is 0 Å². The SMILES string of the molecule is C[C@@H](NC(=O)NCc1ccco1)c1ccc(Cl)s1. The Hall–Kier alpha value is -1.46. The fourth-order valence-electron chi connectivity index (χ4n) is 1.46. The van der Waals surface area contributed by atoms with E-state index in [1.54, 1.807) is 12.3 Å². The normalized spacial score (nSPS) is 12.1. The van der Waals surface area contributed by atoms with Gasteiger partial charge >= 0.3 is 6.03 Å². The minimum Gasteiger partial charge on any atom is -0.467 e. The number of nitrogens with one attached hydrogen (secondary N) is 2. The number of urea groups is 1. The Labute approximate surface area is 114 Å². The number of hydrogen-bond acceptors (Lipinski definition) is 3. The molecular weight excluding hydrogens is 272 g/mol. The van der Waals surface area contributed by atoms with E-state index in [2.05, 4.69) is 10.6 Å². The number of carbonyl (C=O) groups is 1. The Balaban J connectivity index is 1.80. The summed E-state index contributed by atoms with van der Waals surface area (Å²) in [4.78, 5) is 12.7. The van der Waals surface area contributed by atoms with Crippen molar-refractivity contribution >= 4 is 29.0 Å². The molecule has 18 heavy (non-hydrogen) atoms. The molecule has 2 rings (SSSR count). The van der Waals surface area contributed by atoms with Crippen LogP contribution in [0.4, 0.5) is 4.79 Å². The monoisotopic (exact) mass is 284 g/mol. The highest BCUT2D eigenvalue weighted by atomic mass is 35.5. The van der Waals surface area contributed by atoms with Gasteiger partial charge in [-0.3, -0.25) is 0 Å². The quantitative estimate of drug-likeness (QED) is 0.902. The minimum atomic E-state index is -0.233. The van der Waals surface area contributed by atoms with Gasteiger partial charge in [0.25, 0.3) is 0 Å². The standard InChI is InChI=1S/C12H13ClN2O2S/c1-8(10-4-5-11(13)18-10)15-12(16)14-7-9-3-2-6-17-9/h2-6,8H,7H2,1H3,(H2,14,15,16)/t8-/m1/s1. The second-order valence-corrected chi connectivity index (χ2v) is 5.52. The number of carbonyl (C=O) groups excluding carboxylic acids is 1. The highest BCUT2D eigenvalue weighted by Crippen LogP contribution is 2.26. The molecule has 0 aromatic carbocycles. The minimum absolute atomic E-state index is 0.0703. The second-order valence-electron chi connectivity index (χ2n) is 3.77. The van der Waals surface area contributed by atoms with Gasteiger partial charge in [-0.25, -0.2) is 4.79 Å². The summed E-state index contributed by atoms with van der Waals surface area (Å²) in [5.41, 5.74) is 0. The van der Waals surface area contributed by atoms with E-state index >= 15 is 0 Å². The smallest absolute Gasteiger partial charge is 0.315 e. The first kappa shape index (κ1) is 13.0. The molecule has 2 aromatic rings. The van der Waals surface area contributed by atoms with E-state index in [1.165, 1.54) is 11.3 Å². The van der Waals surface area contributed by atoms with Crippen molar-refractivity contribution in [2.45, 2.75) is 19.5 Å². The van der Waals surface area contributed by atoms with Crippen LogP contribution >= 0.6 is 22.9 Å². The summed E-state index contributed by atoms with van der Waals surface area (Å²) in [6.07, 6.45) is 1.57. The van der Waals surface area contributed by atoms with Crippen LogP contribution < -0.4 is 10.6 Å². The Morgan fingerprint density at radius 1 is 1.50 bits per heavy atom. The molecule has 0 spiro atoms. The molecule has 2 amide bonds. The predicted molar refractivity (Wildman–Crippen MR) is 71.8 cm³/mol. The Kier molecular flexibility index (Phi) is 4.28. The van der Waals surface area contributed by atoms with Gasteiger partial charge in [0.1, 0.15) is 5.76 Å². The van der Waals surface area contributed by atoms with Crippen molar-refractivity contribution in [3.63, 3.8) is 0 Å². The molecule has 2 heterocycles. The molecule has 0 aliphatic heterocycles. The lowest BCUT2D eigenvalue weighted by atomic mass is 10.3. The Bertz CT molecular complexity index is 510. The second kappa shape index (κ2) is 5.93. The predicted octanol–water partition coefficient (Wildman–Crippen LogP) is 3.55. The molecular formula is C12H13ClN2O2S. The Morgan fingerprint density at radius 2 is 2.33 bits per heavy atom. The van der Waals surface area contributed by atoms with Crippen molar-refractivity contribution in [1.29, 1.82) is 0 Å². The molecule has 0 saturated carbocycles. The molecule has 0 aliphatic carbocycles. The van der Waals surface area contributed by atoms with Gasteiger partial charge in [-0.1, -0.05) is 11.6 Å². The van der Waals surface area contributed by atoms with Gasteiger partial charge < -0.3 is 15.1 Å². The molecule has 2 N–H and O–H groups in total.